The van der Waals surface area contributed by atoms with Crippen molar-refractivity contribution in [2.45, 2.75) is 17.7 Å². The Labute approximate surface area is 161 Å². The second kappa shape index (κ2) is 7.49. The molecule has 0 aliphatic heterocycles. The molecule has 0 unspecified atom stereocenters. The lowest BCUT2D eigenvalue weighted by Gasteiger charge is -2.11. The normalized spacial score (nSPS) is 14.0. The van der Waals surface area contributed by atoms with Gasteiger partial charge in [0.05, 0.1) is 10.6 Å². The summed E-state index contributed by atoms with van der Waals surface area (Å²) in [6.45, 7) is 0.426. The molecule has 28 heavy (non-hydrogen) atoms. The van der Waals surface area contributed by atoms with Crippen LogP contribution >= 0.6 is 0 Å². The molecule has 3 aromatic rings. The summed E-state index contributed by atoms with van der Waals surface area (Å²) in [5.74, 6) is 0.374. The summed E-state index contributed by atoms with van der Waals surface area (Å²) < 4.78 is 28.9. The number of benzene rings is 1. The molecule has 144 valence electrons. The van der Waals surface area contributed by atoms with Crippen molar-refractivity contribution in [1.29, 1.82) is 0 Å². The zero-order valence-corrected chi connectivity index (χ0v) is 15.6. The molecule has 2 N–H and O–H groups in total. The van der Waals surface area contributed by atoms with Crippen LogP contribution in [-0.2, 0) is 10.0 Å². The van der Waals surface area contributed by atoms with Crippen LogP contribution < -0.4 is 10.0 Å². The van der Waals surface area contributed by atoms with Crippen LogP contribution in [-0.4, -0.2) is 40.6 Å². The van der Waals surface area contributed by atoms with Crippen LogP contribution in [0.25, 0.3) is 5.82 Å². The molecule has 2 heterocycles. The Kier molecular flexibility index (Phi) is 4.88. The Morgan fingerprint density at radius 3 is 2.82 bits per heavy atom. The van der Waals surface area contributed by atoms with E-state index >= 15 is 0 Å². The lowest BCUT2D eigenvalue weighted by Crippen LogP contribution is -2.26. The molecule has 0 radical (unpaired) electrons. The standard InChI is InChI=1S/C18H18N6O3S/c25-18(23-16-5-2-8-20-17(16)24-12-19-11-21-24)14-3-1-4-15(9-14)28(26,27)22-10-13-6-7-13/h1-5,8-9,11-13,22H,6-7,10H2,(H,23,25). The molecule has 9 nitrogen and oxygen atoms in total. The van der Waals surface area contributed by atoms with Crippen molar-refractivity contribution in [3.63, 3.8) is 0 Å². The van der Waals surface area contributed by atoms with Gasteiger partial charge in [-0.15, -0.1) is 0 Å². The maximum Gasteiger partial charge on any atom is 0.255 e. The average molecular weight is 398 g/mol. The number of amides is 1. The number of sulfonamides is 1. The maximum absolute atomic E-state index is 12.7. The minimum absolute atomic E-state index is 0.0588. The highest BCUT2D eigenvalue weighted by Gasteiger charge is 2.24. The fraction of sp³-hybridized carbons (Fsp3) is 0.222. The van der Waals surface area contributed by atoms with Crippen molar-refractivity contribution in [3.05, 3.63) is 60.8 Å². The summed E-state index contributed by atoms with van der Waals surface area (Å²) in [5.41, 5.74) is 0.654. The van der Waals surface area contributed by atoms with E-state index in [1.54, 1.807) is 30.5 Å². The predicted molar refractivity (Wildman–Crippen MR) is 101 cm³/mol. The zero-order valence-electron chi connectivity index (χ0n) is 14.8. The second-order valence-corrected chi connectivity index (χ2v) is 8.26. The molecule has 1 aliphatic carbocycles. The van der Waals surface area contributed by atoms with E-state index in [1.165, 1.54) is 29.5 Å². The Balaban J connectivity index is 1.55. The van der Waals surface area contributed by atoms with E-state index in [2.05, 4.69) is 25.1 Å². The molecule has 1 aliphatic rings. The first-order chi connectivity index (χ1) is 13.5. The molecular formula is C18H18N6O3S. The van der Waals surface area contributed by atoms with Gasteiger partial charge in [0, 0.05) is 18.3 Å². The maximum atomic E-state index is 12.7. The molecule has 4 rings (SSSR count). The highest BCUT2D eigenvalue weighted by Crippen LogP contribution is 2.28. The summed E-state index contributed by atoms with van der Waals surface area (Å²) in [7, 11) is -3.65. The highest BCUT2D eigenvalue weighted by atomic mass is 32.2. The highest BCUT2D eigenvalue weighted by molar-refractivity contribution is 7.89. The Hall–Kier alpha value is -3.11. The van der Waals surface area contributed by atoms with Gasteiger partial charge in [0.1, 0.15) is 12.7 Å². The Bertz CT molecular complexity index is 1090. The number of carbonyl (C=O) groups excluding carboxylic acids is 1. The molecule has 0 saturated heterocycles. The molecule has 0 spiro atoms. The minimum Gasteiger partial charge on any atom is -0.319 e. The van der Waals surface area contributed by atoms with Gasteiger partial charge >= 0.3 is 0 Å². The number of aromatic nitrogens is 4. The monoisotopic (exact) mass is 398 g/mol. The van der Waals surface area contributed by atoms with E-state index in [4.69, 9.17) is 0 Å². The van der Waals surface area contributed by atoms with E-state index < -0.39 is 15.9 Å². The molecule has 1 aromatic carbocycles. The van der Waals surface area contributed by atoms with Crippen molar-refractivity contribution >= 4 is 21.6 Å². The van der Waals surface area contributed by atoms with Crippen LogP contribution in [0.3, 0.4) is 0 Å². The smallest absolute Gasteiger partial charge is 0.255 e. The molecule has 0 atom stereocenters. The largest absolute Gasteiger partial charge is 0.319 e. The van der Waals surface area contributed by atoms with E-state index in [1.807, 2.05) is 0 Å². The first kappa shape index (κ1) is 18.3. The molecular weight excluding hydrogens is 380 g/mol. The average Bonchev–Trinajstić information content (AvgIpc) is 3.39. The lowest BCUT2D eigenvalue weighted by atomic mass is 10.2. The van der Waals surface area contributed by atoms with Crippen molar-refractivity contribution < 1.29 is 13.2 Å². The number of hydrogen-bond acceptors (Lipinski definition) is 6. The number of rotatable bonds is 7. The Morgan fingerprint density at radius 2 is 2.07 bits per heavy atom. The summed E-state index contributed by atoms with van der Waals surface area (Å²) in [6.07, 6.45) is 6.50. The van der Waals surface area contributed by atoms with Crippen molar-refractivity contribution in [1.82, 2.24) is 24.5 Å². The van der Waals surface area contributed by atoms with Crippen LogP contribution in [0.2, 0.25) is 0 Å². The third-order valence-electron chi connectivity index (χ3n) is 4.34. The molecule has 2 aromatic heterocycles. The number of pyridine rings is 1. The summed E-state index contributed by atoms with van der Waals surface area (Å²) >= 11 is 0. The van der Waals surface area contributed by atoms with Crippen LogP contribution in [0, 0.1) is 5.92 Å². The van der Waals surface area contributed by atoms with E-state index in [0.717, 1.165) is 12.8 Å². The summed E-state index contributed by atoms with van der Waals surface area (Å²) in [5, 5.41) is 6.77. The fourth-order valence-corrected chi connectivity index (χ4v) is 3.79. The fourth-order valence-electron chi connectivity index (χ4n) is 2.63. The van der Waals surface area contributed by atoms with Gasteiger partial charge in [0.2, 0.25) is 10.0 Å². The van der Waals surface area contributed by atoms with E-state index in [9.17, 15) is 13.2 Å². The van der Waals surface area contributed by atoms with Crippen LogP contribution in [0.4, 0.5) is 5.69 Å². The summed E-state index contributed by atoms with van der Waals surface area (Å²) in [6, 6.07) is 9.29. The number of hydrogen-bond donors (Lipinski definition) is 2. The van der Waals surface area contributed by atoms with Gasteiger partial charge < -0.3 is 5.32 Å². The number of nitrogens with zero attached hydrogens (tertiary/aromatic N) is 4. The van der Waals surface area contributed by atoms with Gasteiger partial charge in [-0.2, -0.15) is 5.10 Å². The van der Waals surface area contributed by atoms with Gasteiger partial charge in [-0.05, 0) is 49.1 Å². The van der Waals surface area contributed by atoms with Crippen molar-refractivity contribution in [3.8, 4) is 5.82 Å². The predicted octanol–water partition coefficient (Wildman–Crippen LogP) is 1.60. The summed E-state index contributed by atoms with van der Waals surface area (Å²) in [4.78, 5) is 20.8. The number of nitrogens with one attached hydrogen (secondary N) is 2. The lowest BCUT2D eigenvalue weighted by molar-refractivity contribution is 0.102. The van der Waals surface area contributed by atoms with E-state index in [-0.39, 0.29) is 10.5 Å². The third-order valence-corrected chi connectivity index (χ3v) is 5.76. The van der Waals surface area contributed by atoms with Gasteiger partial charge in [0.25, 0.3) is 5.91 Å². The first-order valence-corrected chi connectivity index (χ1v) is 10.2. The molecule has 1 saturated carbocycles. The van der Waals surface area contributed by atoms with Gasteiger partial charge in [0.15, 0.2) is 5.82 Å². The molecule has 0 bridgehead atoms. The van der Waals surface area contributed by atoms with E-state index in [0.29, 0.717) is 24.0 Å². The van der Waals surface area contributed by atoms with Crippen LogP contribution in [0.15, 0.2) is 60.1 Å². The van der Waals surface area contributed by atoms with Gasteiger partial charge in [-0.1, -0.05) is 6.07 Å². The second-order valence-electron chi connectivity index (χ2n) is 6.49. The van der Waals surface area contributed by atoms with Crippen molar-refractivity contribution in [2.75, 3.05) is 11.9 Å². The zero-order chi connectivity index (χ0) is 19.6. The quantitative estimate of drug-likeness (QED) is 0.624. The number of anilines is 1. The molecule has 1 amide bonds. The van der Waals surface area contributed by atoms with Gasteiger partial charge in [-0.3, -0.25) is 4.79 Å². The van der Waals surface area contributed by atoms with Crippen molar-refractivity contribution in [2.24, 2.45) is 5.92 Å². The van der Waals surface area contributed by atoms with Gasteiger partial charge in [-0.25, -0.2) is 27.8 Å². The minimum atomic E-state index is -3.65. The Morgan fingerprint density at radius 1 is 1.21 bits per heavy atom. The topological polar surface area (TPSA) is 119 Å². The SMILES string of the molecule is O=C(Nc1cccnc1-n1cncn1)c1cccc(S(=O)(=O)NCC2CC2)c1. The first-order valence-electron chi connectivity index (χ1n) is 8.74. The van der Waals surface area contributed by atoms with Crippen LogP contribution in [0.1, 0.15) is 23.2 Å². The molecule has 10 heteroatoms. The number of carbonyl (C=O) groups is 1. The van der Waals surface area contributed by atoms with Crippen LogP contribution in [0.5, 0.6) is 0 Å². The third kappa shape index (κ3) is 4.07. The molecule has 1 fully saturated rings.